The number of phenols is 1. The SMILES string of the molecule is COCCCN1C(=O)c2[nH]nc(-c3cc(Cl)ccc3O)c2C1c1ccc(C(C)(C)C)cc1. The van der Waals surface area contributed by atoms with E-state index in [9.17, 15) is 9.90 Å². The monoisotopic (exact) mass is 453 g/mol. The Morgan fingerprint density at radius 2 is 1.91 bits per heavy atom. The number of halogens is 1. The second-order valence-electron chi connectivity index (χ2n) is 9.14. The lowest BCUT2D eigenvalue weighted by Crippen LogP contribution is -2.31. The van der Waals surface area contributed by atoms with E-state index < -0.39 is 0 Å². The van der Waals surface area contributed by atoms with Gasteiger partial charge in [-0.1, -0.05) is 56.6 Å². The lowest BCUT2D eigenvalue weighted by Gasteiger charge is -2.27. The number of nitrogens with zero attached hydrogens (tertiary/aromatic N) is 2. The molecule has 168 valence electrons. The summed E-state index contributed by atoms with van der Waals surface area (Å²) in [5.74, 6) is -0.0444. The van der Waals surface area contributed by atoms with E-state index in [4.69, 9.17) is 16.3 Å². The first-order valence-corrected chi connectivity index (χ1v) is 11.1. The molecule has 0 aliphatic carbocycles. The summed E-state index contributed by atoms with van der Waals surface area (Å²) in [6, 6.07) is 12.9. The number of methoxy groups -OCH3 is 1. The highest BCUT2D eigenvalue weighted by molar-refractivity contribution is 6.31. The van der Waals surface area contributed by atoms with Crippen molar-refractivity contribution in [3.05, 3.63) is 69.9 Å². The summed E-state index contributed by atoms with van der Waals surface area (Å²) >= 11 is 6.20. The van der Waals surface area contributed by atoms with Crippen molar-refractivity contribution in [2.45, 2.75) is 38.6 Å². The van der Waals surface area contributed by atoms with E-state index in [-0.39, 0.29) is 23.1 Å². The summed E-state index contributed by atoms with van der Waals surface area (Å²) in [5, 5.41) is 18.3. The lowest BCUT2D eigenvalue weighted by atomic mass is 9.85. The summed E-state index contributed by atoms with van der Waals surface area (Å²) < 4.78 is 5.21. The van der Waals surface area contributed by atoms with Crippen LogP contribution >= 0.6 is 11.6 Å². The van der Waals surface area contributed by atoms with Crippen LogP contribution in [0.2, 0.25) is 5.02 Å². The van der Waals surface area contributed by atoms with E-state index in [0.717, 1.165) is 11.1 Å². The fourth-order valence-corrected chi connectivity index (χ4v) is 4.39. The number of H-pyrrole nitrogens is 1. The third-order valence-corrected chi connectivity index (χ3v) is 6.15. The van der Waals surface area contributed by atoms with Crippen molar-refractivity contribution in [2.75, 3.05) is 20.3 Å². The number of hydrogen-bond donors (Lipinski definition) is 2. The second-order valence-corrected chi connectivity index (χ2v) is 9.58. The molecule has 1 atom stereocenters. The number of aromatic amines is 1. The van der Waals surface area contributed by atoms with Crippen molar-refractivity contribution in [1.82, 2.24) is 15.1 Å². The number of carbonyl (C=O) groups is 1. The molecule has 0 saturated heterocycles. The molecule has 1 unspecified atom stereocenters. The van der Waals surface area contributed by atoms with Crippen molar-refractivity contribution in [3.8, 4) is 17.0 Å². The Bertz CT molecular complexity index is 1130. The van der Waals surface area contributed by atoms with Gasteiger partial charge in [0, 0.05) is 36.4 Å². The lowest BCUT2D eigenvalue weighted by molar-refractivity contribution is 0.0723. The first-order valence-electron chi connectivity index (χ1n) is 10.7. The third kappa shape index (κ3) is 4.00. The minimum absolute atomic E-state index is 0.0285. The largest absolute Gasteiger partial charge is 0.507 e. The van der Waals surface area contributed by atoms with Gasteiger partial charge in [0.2, 0.25) is 0 Å². The Balaban J connectivity index is 1.83. The highest BCUT2D eigenvalue weighted by atomic mass is 35.5. The van der Waals surface area contributed by atoms with Crippen LogP contribution in [0.25, 0.3) is 11.3 Å². The molecule has 0 radical (unpaired) electrons. The molecule has 6 nitrogen and oxygen atoms in total. The number of aromatic nitrogens is 2. The average molecular weight is 454 g/mol. The van der Waals surface area contributed by atoms with Crippen LogP contribution in [0, 0.1) is 0 Å². The first kappa shape index (κ1) is 22.4. The van der Waals surface area contributed by atoms with Gasteiger partial charge in [0.05, 0.1) is 6.04 Å². The predicted molar refractivity (Wildman–Crippen MR) is 125 cm³/mol. The zero-order valence-corrected chi connectivity index (χ0v) is 19.5. The van der Waals surface area contributed by atoms with Crippen LogP contribution in [0.15, 0.2) is 42.5 Å². The Kier molecular flexibility index (Phi) is 6.01. The molecular weight excluding hydrogens is 426 g/mol. The molecule has 1 amide bonds. The number of ether oxygens (including phenoxy) is 1. The molecule has 0 fully saturated rings. The van der Waals surface area contributed by atoms with Crippen LogP contribution in [0.1, 0.15) is 60.4 Å². The number of benzene rings is 2. The van der Waals surface area contributed by atoms with Gasteiger partial charge in [-0.25, -0.2) is 0 Å². The van der Waals surface area contributed by atoms with E-state index in [1.54, 1.807) is 25.3 Å². The smallest absolute Gasteiger partial charge is 0.273 e. The van der Waals surface area contributed by atoms with Crippen LogP contribution in [0.3, 0.4) is 0 Å². The average Bonchev–Trinajstić information content (AvgIpc) is 3.29. The van der Waals surface area contributed by atoms with Gasteiger partial charge >= 0.3 is 0 Å². The van der Waals surface area contributed by atoms with Crippen molar-refractivity contribution >= 4 is 17.5 Å². The molecule has 2 N–H and O–H groups in total. The van der Waals surface area contributed by atoms with Gasteiger partial charge in [-0.2, -0.15) is 5.10 Å². The molecule has 1 aliphatic rings. The van der Waals surface area contributed by atoms with E-state index in [1.807, 2.05) is 4.90 Å². The van der Waals surface area contributed by atoms with Gasteiger partial charge in [0.1, 0.15) is 17.1 Å². The van der Waals surface area contributed by atoms with Crippen LogP contribution in [0.4, 0.5) is 0 Å². The molecule has 0 saturated carbocycles. The first-order chi connectivity index (χ1) is 15.2. The standard InChI is InChI=1S/C25H28ClN3O3/c1-25(2,3)16-8-6-15(7-9-16)23-20-21(18-14-17(26)10-11-19(18)30)27-28-22(20)24(31)29(23)12-5-13-32-4/h6-11,14,23,30H,5,12-13H2,1-4H3,(H,27,28). The quantitative estimate of drug-likeness (QED) is 0.495. The van der Waals surface area contributed by atoms with Crippen LogP contribution in [0.5, 0.6) is 5.75 Å². The van der Waals surface area contributed by atoms with Crippen LogP contribution < -0.4 is 0 Å². The van der Waals surface area contributed by atoms with Gasteiger partial charge < -0.3 is 14.7 Å². The summed E-state index contributed by atoms with van der Waals surface area (Å²) in [6.07, 6.45) is 0.717. The van der Waals surface area contributed by atoms with Crippen molar-refractivity contribution in [3.63, 3.8) is 0 Å². The zero-order chi connectivity index (χ0) is 23.0. The third-order valence-electron chi connectivity index (χ3n) is 5.92. The maximum atomic E-state index is 13.3. The molecule has 1 aliphatic heterocycles. The molecule has 1 aromatic heterocycles. The Hall–Kier alpha value is -2.83. The minimum Gasteiger partial charge on any atom is -0.507 e. The second kappa shape index (κ2) is 8.60. The molecule has 32 heavy (non-hydrogen) atoms. The normalized spacial score (nSPS) is 16.0. The predicted octanol–water partition coefficient (Wildman–Crippen LogP) is 5.31. The number of nitrogens with one attached hydrogen (secondary N) is 1. The van der Waals surface area contributed by atoms with Gasteiger partial charge in [-0.15, -0.1) is 0 Å². The highest BCUT2D eigenvalue weighted by Crippen LogP contribution is 2.45. The van der Waals surface area contributed by atoms with Gasteiger partial charge in [0.25, 0.3) is 5.91 Å². The van der Waals surface area contributed by atoms with E-state index in [0.29, 0.717) is 41.5 Å². The molecular formula is C25H28ClN3O3. The summed E-state index contributed by atoms with van der Waals surface area (Å²) in [5.41, 5.74) is 4.48. The highest BCUT2D eigenvalue weighted by Gasteiger charge is 2.42. The Morgan fingerprint density at radius 1 is 1.19 bits per heavy atom. The number of amides is 1. The van der Waals surface area contributed by atoms with Crippen LogP contribution in [-0.2, 0) is 10.2 Å². The maximum Gasteiger partial charge on any atom is 0.273 e. The van der Waals surface area contributed by atoms with Gasteiger partial charge in [-0.05, 0) is 41.2 Å². The van der Waals surface area contributed by atoms with E-state index >= 15 is 0 Å². The summed E-state index contributed by atoms with van der Waals surface area (Å²) in [4.78, 5) is 15.2. The zero-order valence-electron chi connectivity index (χ0n) is 18.8. The number of aromatic hydroxyl groups is 1. The topological polar surface area (TPSA) is 78.5 Å². The van der Waals surface area contributed by atoms with E-state index in [2.05, 4.69) is 55.2 Å². The summed E-state index contributed by atoms with van der Waals surface area (Å²) in [6.45, 7) is 7.63. The fraction of sp³-hybridized carbons (Fsp3) is 0.360. The molecule has 0 bridgehead atoms. The molecule has 0 spiro atoms. The van der Waals surface area contributed by atoms with Crippen molar-refractivity contribution in [1.29, 1.82) is 0 Å². The van der Waals surface area contributed by atoms with E-state index in [1.165, 1.54) is 5.56 Å². The maximum absolute atomic E-state index is 13.3. The van der Waals surface area contributed by atoms with Crippen molar-refractivity contribution in [2.24, 2.45) is 0 Å². The van der Waals surface area contributed by atoms with Crippen molar-refractivity contribution < 1.29 is 14.6 Å². The molecule has 4 rings (SSSR count). The molecule has 2 heterocycles. The fourth-order valence-electron chi connectivity index (χ4n) is 4.22. The van der Waals surface area contributed by atoms with Crippen LogP contribution in [-0.4, -0.2) is 46.4 Å². The number of rotatable bonds is 6. The molecule has 7 heteroatoms. The van der Waals surface area contributed by atoms with Gasteiger partial charge in [0.15, 0.2) is 0 Å². The number of carbonyl (C=O) groups excluding carboxylic acids is 1. The Morgan fingerprint density at radius 3 is 2.56 bits per heavy atom. The number of phenolic OH excluding ortho intramolecular Hbond substituents is 1. The number of hydrogen-bond acceptors (Lipinski definition) is 4. The summed E-state index contributed by atoms with van der Waals surface area (Å²) in [7, 11) is 1.65. The Labute approximate surface area is 193 Å². The minimum atomic E-state index is -0.324. The number of fused-ring (bicyclic) bond motifs is 1. The van der Waals surface area contributed by atoms with Gasteiger partial charge in [-0.3, -0.25) is 9.89 Å². The molecule has 2 aromatic carbocycles. The molecule has 3 aromatic rings.